The molecular formula is C13H16N2O6. The molecule has 0 radical (unpaired) electrons. The summed E-state index contributed by atoms with van der Waals surface area (Å²) in [7, 11) is 2.60. The summed E-state index contributed by atoms with van der Waals surface area (Å²) in [4.78, 5) is 34.7. The second-order valence-corrected chi connectivity index (χ2v) is 4.87. The van der Waals surface area contributed by atoms with Crippen LogP contribution < -0.4 is 4.74 Å². The fourth-order valence-corrected chi connectivity index (χ4v) is 1.55. The number of hydrogen-bond acceptors (Lipinski definition) is 5. The van der Waals surface area contributed by atoms with Gasteiger partial charge in [-0.25, -0.2) is 4.79 Å². The number of hydrogen-bond donors (Lipinski definition) is 1. The molecule has 0 aromatic heterocycles. The number of ether oxygens (including phenoxy) is 1. The Morgan fingerprint density at radius 3 is 2.38 bits per heavy atom. The normalized spacial score (nSPS) is 10.9. The van der Waals surface area contributed by atoms with Crippen LogP contribution in [-0.2, 0) is 4.79 Å². The zero-order valence-corrected chi connectivity index (χ0v) is 12.1. The lowest BCUT2D eigenvalue weighted by Gasteiger charge is -2.31. The molecule has 1 amide bonds. The van der Waals surface area contributed by atoms with E-state index >= 15 is 0 Å². The summed E-state index contributed by atoms with van der Waals surface area (Å²) < 4.78 is 4.88. The molecule has 0 fully saturated rings. The predicted molar refractivity (Wildman–Crippen MR) is 73.5 cm³/mol. The van der Waals surface area contributed by atoms with Crippen LogP contribution in [0.4, 0.5) is 5.69 Å². The van der Waals surface area contributed by atoms with Crippen LogP contribution in [0, 0.1) is 10.1 Å². The van der Waals surface area contributed by atoms with E-state index in [4.69, 9.17) is 9.84 Å². The quantitative estimate of drug-likeness (QED) is 0.651. The molecule has 8 heteroatoms. The summed E-state index contributed by atoms with van der Waals surface area (Å²) in [6.07, 6.45) is 0. The van der Waals surface area contributed by atoms with Crippen LogP contribution in [0.15, 0.2) is 18.2 Å². The van der Waals surface area contributed by atoms with Gasteiger partial charge < -0.3 is 14.7 Å². The van der Waals surface area contributed by atoms with Gasteiger partial charge in [-0.15, -0.1) is 0 Å². The van der Waals surface area contributed by atoms with E-state index in [-0.39, 0.29) is 17.0 Å². The highest BCUT2D eigenvalue weighted by Gasteiger charge is 2.36. The first-order valence-electron chi connectivity index (χ1n) is 5.97. The summed E-state index contributed by atoms with van der Waals surface area (Å²) in [5.74, 6) is -1.80. The van der Waals surface area contributed by atoms with Crippen molar-refractivity contribution >= 4 is 17.6 Å². The van der Waals surface area contributed by atoms with Gasteiger partial charge in [0, 0.05) is 24.7 Å². The van der Waals surface area contributed by atoms with E-state index in [1.54, 1.807) is 0 Å². The number of methoxy groups -OCH3 is 1. The Hall–Kier alpha value is -2.64. The fourth-order valence-electron chi connectivity index (χ4n) is 1.55. The lowest BCUT2D eigenvalue weighted by molar-refractivity contribution is -0.385. The Balaban J connectivity index is 3.20. The van der Waals surface area contributed by atoms with E-state index in [1.807, 2.05) is 0 Å². The average molecular weight is 296 g/mol. The van der Waals surface area contributed by atoms with Crippen molar-refractivity contribution in [3.8, 4) is 5.75 Å². The molecule has 21 heavy (non-hydrogen) atoms. The van der Waals surface area contributed by atoms with Gasteiger partial charge in [-0.1, -0.05) is 0 Å². The number of likely N-dealkylation sites (N-methyl/N-ethyl adjacent to an activating group) is 1. The van der Waals surface area contributed by atoms with Crippen molar-refractivity contribution in [2.24, 2.45) is 0 Å². The SMILES string of the molecule is COc1cc(C(=O)N(C)C(C)(C)C(=O)O)ccc1[N+](=O)[O-]. The van der Waals surface area contributed by atoms with Crippen molar-refractivity contribution in [1.29, 1.82) is 0 Å². The van der Waals surface area contributed by atoms with Crippen molar-refractivity contribution in [3.63, 3.8) is 0 Å². The first kappa shape index (κ1) is 16.4. The van der Waals surface area contributed by atoms with Crippen LogP contribution in [0.25, 0.3) is 0 Å². The number of nitro groups is 1. The lowest BCUT2D eigenvalue weighted by atomic mass is 10.0. The highest BCUT2D eigenvalue weighted by Crippen LogP contribution is 2.28. The topological polar surface area (TPSA) is 110 Å². The van der Waals surface area contributed by atoms with Crippen molar-refractivity contribution in [2.45, 2.75) is 19.4 Å². The van der Waals surface area contributed by atoms with Crippen molar-refractivity contribution < 1.29 is 24.4 Å². The maximum absolute atomic E-state index is 12.3. The number of carboxylic acids is 1. The molecule has 0 saturated carbocycles. The fraction of sp³-hybridized carbons (Fsp3) is 0.385. The molecule has 0 atom stereocenters. The Kier molecular flexibility index (Phi) is 4.52. The minimum atomic E-state index is -1.41. The van der Waals surface area contributed by atoms with Crippen molar-refractivity contribution in [1.82, 2.24) is 4.90 Å². The van der Waals surface area contributed by atoms with Gasteiger partial charge >= 0.3 is 11.7 Å². The third kappa shape index (κ3) is 3.10. The summed E-state index contributed by atoms with van der Waals surface area (Å²) in [6, 6.07) is 3.62. The Morgan fingerprint density at radius 1 is 1.38 bits per heavy atom. The number of benzene rings is 1. The summed E-state index contributed by atoms with van der Waals surface area (Å²) in [5, 5.41) is 19.9. The zero-order valence-electron chi connectivity index (χ0n) is 12.1. The van der Waals surface area contributed by atoms with Gasteiger partial charge in [-0.2, -0.15) is 0 Å². The molecule has 8 nitrogen and oxygen atoms in total. The van der Waals surface area contributed by atoms with E-state index in [0.717, 1.165) is 11.0 Å². The molecule has 0 saturated heterocycles. The molecule has 0 unspecified atom stereocenters. The minimum absolute atomic E-state index is 0.0626. The monoisotopic (exact) mass is 296 g/mol. The number of carboxylic acid groups (broad SMARTS) is 1. The molecule has 114 valence electrons. The van der Waals surface area contributed by atoms with Gasteiger partial charge in [-0.05, 0) is 19.9 Å². The van der Waals surface area contributed by atoms with Gasteiger partial charge in [0.2, 0.25) is 0 Å². The maximum atomic E-state index is 12.3. The molecule has 1 aromatic carbocycles. The van der Waals surface area contributed by atoms with E-state index in [9.17, 15) is 19.7 Å². The number of rotatable bonds is 5. The second-order valence-electron chi connectivity index (χ2n) is 4.87. The molecule has 0 bridgehead atoms. The first-order valence-corrected chi connectivity index (χ1v) is 5.97. The predicted octanol–water partition coefficient (Wildman–Crippen LogP) is 1.54. The minimum Gasteiger partial charge on any atom is -0.490 e. The zero-order chi connectivity index (χ0) is 16.4. The number of carbonyl (C=O) groups excluding carboxylic acids is 1. The second kappa shape index (κ2) is 5.78. The van der Waals surface area contributed by atoms with Crippen LogP contribution in [0.2, 0.25) is 0 Å². The van der Waals surface area contributed by atoms with E-state index in [0.29, 0.717) is 0 Å². The molecule has 1 aromatic rings. The molecule has 0 aliphatic rings. The van der Waals surface area contributed by atoms with E-state index in [2.05, 4.69) is 0 Å². The van der Waals surface area contributed by atoms with Crippen molar-refractivity contribution in [2.75, 3.05) is 14.2 Å². The van der Waals surface area contributed by atoms with Crippen LogP contribution in [0.1, 0.15) is 24.2 Å². The summed E-state index contributed by atoms with van der Waals surface area (Å²) >= 11 is 0. The summed E-state index contributed by atoms with van der Waals surface area (Å²) in [5.41, 5.74) is -1.57. The molecule has 1 N–H and O–H groups in total. The number of nitrogens with zero attached hydrogens (tertiary/aromatic N) is 2. The van der Waals surface area contributed by atoms with Gasteiger partial charge in [0.25, 0.3) is 5.91 Å². The standard InChI is InChI=1S/C13H16N2O6/c1-13(2,12(17)18)14(3)11(16)8-5-6-9(15(19)20)10(7-8)21-4/h5-7H,1-4H3,(H,17,18). The third-order valence-corrected chi connectivity index (χ3v) is 3.29. The number of carbonyl (C=O) groups is 2. The van der Waals surface area contributed by atoms with E-state index in [1.165, 1.54) is 40.1 Å². The van der Waals surface area contributed by atoms with Crippen molar-refractivity contribution in [3.05, 3.63) is 33.9 Å². The third-order valence-electron chi connectivity index (χ3n) is 3.29. The Bertz CT molecular complexity index is 596. The van der Waals surface area contributed by atoms with Crippen LogP contribution >= 0.6 is 0 Å². The highest BCUT2D eigenvalue weighted by molar-refractivity contribution is 5.98. The average Bonchev–Trinajstić information content (AvgIpc) is 2.44. The van der Waals surface area contributed by atoms with E-state index < -0.39 is 22.3 Å². The molecular weight excluding hydrogens is 280 g/mol. The first-order chi connectivity index (χ1) is 9.62. The van der Waals surface area contributed by atoms with Gasteiger partial charge in [-0.3, -0.25) is 14.9 Å². The Morgan fingerprint density at radius 2 is 1.95 bits per heavy atom. The van der Waals surface area contributed by atoms with Gasteiger partial charge in [0.15, 0.2) is 5.75 Å². The van der Waals surface area contributed by atoms with Gasteiger partial charge in [0.05, 0.1) is 12.0 Å². The molecule has 0 aliphatic carbocycles. The molecule has 0 spiro atoms. The maximum Gasteiger partial charge on any atom is 0.329 e. The van der Waals surface area contributed by atoms with Crippen LogP contribution in [0.3, 0.4) is 0 Å². The highest BCUT2D eigenvalue weighted by atomic mass is 16.6. The Labute approximate surface area is 121 Å². The lowest BCUT2D eigenvalue weighted by Crippen LogP contribution is -2.50. The van der Waals surface area contributed by atoms with Crippen LogP contribution in [-0.4, -0.2) is 46.5 Å². The summed E-state index contributed by atoms with van der Waals surface area (Å²) in [6.45, 7) is 2.77. The molecule has 0 heterocycles. The van der Waals surface area contributed by atoms with Gasteiger partial charge in [0.1, 0.15) is 5.54 Å². The molecule has 1 rings (SSSR count). The molecule has 0 aliphatic heterocycles. The largest absolute Gasteiger partial charge is 0.490 e. The number of nitro benzene ring substituents is 1. The number of aliphatic carboxylic acids is 1. The smallest absolute Gasteiger partial charge is 0.329 e. The van der Waals surface area contributed by atoms with Crippen LogP contribution in [0.5, 0.6) is 5.75 Å². The number of amides is 1.